The van der Waals surface area contributed by atoms with Crippen molar-refractivity contribution in [2.24, 2.45) is 11.8 Å². The molecule has 0 nitrogen and oxygen atoms in total. The molecule has 1 aliphatic rings. The second-order valence-electron chi connectivity index (χ2n) is 2.78. The maximum atomic E-state index is 2.30. The van der Waals surface area contributed by atoms with Gasteiger partial charge in [-0.25, -0.2) is 0 Å². The smallest absolute Gasteiger partial charge is 0.0211 e. The van der Waals surface area contributed by atoms with Gasteiger partial charge in [-0.05, 0) is 13.8 Å². The second kappa shape index (κ2) is 1.43. The molecule has 0 amide bonds. The summed E-state index contributed by atoms with van der Waals surface area (Å²) in [5.41, 5.74) is 0. The summed E-state index contributed by atoms with van der Waals surface area (Å²) < 4.78 is 0. The van der Waals surface area contributed by atoms with Gasteiger partial charge in [-0.15, -0.1) is 0 Å². The molecule has 1 fully saturated rings. The monoisotopic (exact) mass is 97.1 g/mol. The minimum absolute atomic E-state index is 0.926. The van der Waals surface area contributed by atoms with E-state index in [2.05, 4.69) is 20.8 Å². The number of hydrogen-bond acceptors (Lipinski definition) is 0. The minimum atomic E-state index is 0.926. The molecule has 7 heavy (non-hydrogen) atoms. The lowest BCUT2D eigenvalue weighted by Crippen LogP contribution is -2.27. The summed E-state index contributed by atoms with van der Waals surface area (Å²) in [5, 5.41) is 0. The number of rotatable bonds is 0. The van der Waals surface area contributed by atoms with Crippen molar-refractivity contribution in [1.29, 1.82) is 0 Å². The molecule has 0 aliphatic heterocycles. The zero-order chi connectivity index (χ0) is 5.44. The lowest BCUT2D eigenvalue weighted by Gasteiger charge is -2.26. The molecular formula is C7H13+. The zero-order valence-electron chi connectivity index (χ0n) is 5.36. The predicted molar refractivity (Wildman–Crippen MR) is 31.9 cm³/mol. The van der Waals surface area contributed by atoms with Gasteiger partial charge in [-0.2, -0.15) is 0 Å². The molecule has 2 unspecified atom stereocenters. The third-order valence-corrected chi connectivity index (χ3v) is 2.26. The molecule has 0 radical (unpaired) electrons. The number of hydrogen-bond donors (Lipinski definition) is 0. The van der Waals surface area contributed by atoms with Gasteiger partial charge in [0.1, 0.15) is 11.8 Å². The van der Waals surface area contributed by atoms with Gasteiger partial charge in [0.15, 0.2) is 0 Å². The van der Waals surface area contributed by atoms with Gasteiger partial charge in [0.05, 0.1) is 12.8 Å². The lowest BCUT2D eigenvalue weighted by atomic mass is 9.68. The Morgan fingerprint density at radius 1 is 1.29 bits per heavy atom. The topological polar surface area (TPSA) is 0 Å². The van der Waals surface area contributed by atoms with E-state index in [1.165, 1.54) is 6.42 Å². The van der Waals surface area contributed by atoms with Crippen LogP contribution < -0.4 is 0 Å². The molecule has 0 aromatic heterocycles. The molecule has 0 heterocycles. The summed E-state index contributed by atoms with van der Waals surface area (Å²) in [7, 11) is 0. The van der Waals surface area contributed by atoms with E-state index in [1.54, 1.807) is 5.92 Å². The van der Waals surface area contributed by atoms with Crippen LogP contribution >= 0.6 is 0 Å². The van der Waals surface area contributed by atoms with Crippen LogP contribution in [0.2, 0.25) is 0 Å². The minimum Gasteiger partial charge on any atom is -0.0211 e. The van der Waals surface area contributed by atoms with Crippen LogP contribution in [0.15, 0.2) is 0 Å². The molecule has 40 valence electrons. The Kier molecular flexibility index (Phi) is 1.02. The van der Waals surface area contributed by atoms with Crippen LogP contribution in [0, 0.1) is 17.8 Å². The summed E-state index contributed by atoms with van der Waals surface area (Å²) >= 11 is 0. The maximum absolute atomic E-state index is 2.30. The first-order valence-corrected chi connectivity index (χ1v) is 3.05. The van der Waals surface area contributed by atoms with Crippen LogP contribution in [0.5, 0.6) is 0 Å². The molecule has 0 aromatic rings. The van der Waals surface area contributed by atoms with Crippen molar-refractivity contribution in [2.45, 2.75) is 27.2 Å². The third-order valence-electron chi connectivity index (χ3n) is 2.26. The summed E-state index contributed by atoms with van der Waals surface area (Å²) in [5.74, 6) is 3.55. The highest BCUT2D eigenvalue weighted by Gasteiger charge is 2.41. The van der Waals surface area contributed by atoms with Crippen molar-refractivity contribution < 1.29 is 0 Å². The van der Waals surface area contributed by atoms with Crippen molar-refractivity contribution in [3.63, 3.8) is 0 Å². The van der Waals surface area contributed by atoms with E-state index < -0.39 is 0 Å². The molecular weight excluding hydrogens is 84.1 g/mol. The highest BCUT2D eigenvalue weighted by molar-refractivity contribution is 5.04. The molecule has 0 heteroatoms. The van der Waals surface area contributed by atoms with Gasteiger partial charge in [0.2, 0.25) is 0 Å². The second-order valence-corrected chi connectivity index (χ2v) is 2.78. The van der Waals surface area contributed by atoms with Gasteiger partial charge < -0.3 is 0 Å². The molecule has 1 rings (SSSR count). The Bertz CT molecular complexity index is 58.4. The Labute approximate surface area is 45.9 Å². The van der Waals surface area contributed by atoms with Crippen LogP contribution in [0.1, 0.15) is 27.2 Å². The van der Waals surface area contributed by atoms with Gasteiger partial charge in [0.25, 0.3) is 0 Å². The summed E-state index contributed by atoms with van der Waals surface area (Å²) in [6.45, 7) is 6.86. The standard InChI is InChI=1S/C7H13/c1-5-4-6(2)7(5)3/h5-6H,4H2,1-3H3/q+1. The molecule has 1 aliphatic carbocycles. The van der Waals surface area contributed by atoms with Gasteiger partial charge in [-0.1, -0.05) is 0 Å². The Morgan fingerprint density at radius 3 is 1.71 bits per heavy atom. The molecule has 2 atom stereocenters. The van der Waals surface area contributed by atoms with Crippen molar-refractivity contribution in [2.75, 3.05) is 0 Å². The van der Waals surface area contributed by atoms with E-state index in [-0.39, 0.29) is 0 Å². The van der Waals surface area contributed by atoms with Crippen molar-refractivity contribution >= 4 is 0 Å². The Morgan fingerprint density at radius 2 is 1.71 bits per heavy atom. The molecule has 0 spiro atoms. The normalized spacial score (nSPS) is 40.7. The van der Waals surface area contributed by atoms with E-state index in [1.807, 2.05) is 0 Å². The van der Waals surface area contributed by atoms with Crippen LogP contribution in [-0.2, 0) is 0 Å². The Balaban J connectivity index is 2.29. The highest BCUT2D eigenvalue weighted by Crippen LogP contribution is 2.40. The van der Waals surface area contributed by atoms with Gasteiger partial charge >= 0.3 is 0 Å². The van der Waals surface area contributed by atoms with Crippen molar-refractivity contribution in [1.82, 2.24) is 0 Å². The fourth-order valence-corrected chi connectivity index (χ4v) is 1.23. The van der Waals surface area contributed by atoms with E-state index in [0.29, 0.717) is 0 Å². The first kappa shape index (κ1) is 5.02. The van der Waals surface area contributed by atoms with E-state index in [9.17, 15) is 0 Å². The van der Waals surface area contributed by atoms with Gasteiger partial charge in [0, 0.05) is 6.42 Å². The third kappa shape index (κ3) is 0.624. The lowest BCUT2D eigenvalue weighted by molar-refractivity contribution is 0.285. The molecule has 0 aromatic carbocycles. The summed E-state index contributed by atoms with van der Waals surface area (Å²) in [6, 6.07) is 0. The van der Waals surface area contributed by atoms with Crippen LogP contribution in [-0.4, -0.2) is 0 Å². The first-order chi connectivity index (χ1) is 3.22. The molecule has 0 saturated heterocycles. The first-order valence-electron chi connectivity index (χ1n) is 3.05. The molecule has 1 saturated carbocycles. The van der Waals surface area contributed by atoms with E-state index >= 15 is 0 Å². The predicted octanol–water partition coefficient (Wildman–Crippen LogP) is 2.26. The summed E-state index contributed by atoms with van der Waals surface area (Å²) in [4.78, 5) is 0. The van der Waals surface area contributed by atoms with Gasteiger partial charge in [-0.3, -0.25) is 0 Å². The average molecular weight is 97.2 g/mol. The van der Waals surface area contributed by atoms with E-state index in [4.69, 9.17) is 0 Å². The van der Waals surface area contributed by atoms with Crippen LogP contribution in [0.3, 0.4) is 0 Å². The SMILES string of the molecule is C[C+]1C(C)CC1C. The fraction of sp³-hybridized carbons (Fsp3) is 0.857. The van der Waals surface area contributed by atoms with E-state index in [0.717, 1.165) is 11.8 Å². The summed E-state index contributed by atoms with van der Waals surface area (Å²) in [6.07, 6.45) is 1.42. The zero-order valence-corrected chi connectivity index (χ0v) is 5.36. The highest BCUT2D eigenvalue weighted by atomic mass is 14.3. The van der Waals surface area contributed by atoms with Crippen LogP contribution in [0.25, 0.3) is 0 Å². The maximum Gasteiger partial charge on any atom is 0.102 e. The molecule has 0 N–H and O–H groups in total. The van der Waals surface area contributed by atoms with Crippen molar-refractivity contribution in [3.8, 4) is 0 Å². The fourth-order valence-electron chi connectivity index (χ4n) is 1.23. The van der Waals surface area contributed by atoms with Crippen molar-refractivity contribution in [3.05, 3.63) is 5.92 Å². The molecule has 0 bridgehead atoms. The largest absolute Gasteiger partial charge is 0.102 e. The Hall–Kier alpha value is -0.130. The van der Waals surface area contributed by atoms with Crippen LogP contribution in [0.4, 0.5) is 0 Å². The quantitative estimate of drug-likeness (QED) is 0.407. The average Bonchev–Trinajstić information content (AvgIpc) is 1.68.